The van der Waals surface area contributed by atoms with E-state index in [4.69, 9.17) is 5.53 Å². The van der Waals surface area contributed by atoms with Crippen LogP contribution >= 0.6 is 0 Å². The van der Waals surface area contributed by atoms with Gasteiger partial charge in [-0.25, -0.2) is 4.98 Å². The molecule has 0 amide bonds. The van der Waals surface area contributed by atoms with Crippen LogP contribution in [0.1, 0.15) is 18.1 Å². The summed E-state index contributed by atoms with van der Waals surface area (Å²) in [4.78, 5) is 6.83. The summed E-state index contributed by atoms with van der Waals surface area (Å²) in [6.45, 7) is 5.03. The fourth-order valence-electron chi connectivity index (χ4n) is 1.11. The Morgan fingerprint density at radius 3 is 2.85 bits per heavy atom. The number of hydrogen-bond donors (Lipinski definition) is 0. The van der Waals surface area contributed by atoms with Crippen LogP contribution in [0.2, 0.25) is 0 Å². The van der Waals surface area contributed by atoms with E-state index in [2.05, 4.69) is 20.1 Å². The highest BCUT2D eigenvalue weighted by molar-refractivity contribution is 4.87. The van der Waals surface area contributed by atoms with Crippen LogP contribution in [0.4, 0.5) is 0 Å². The summed E-state index contributed by atoms with van der Waals surface area (Å²) in [5, 5.41) is 7.62. The Hall–Kier alpha value is -1.55. The maximum absolute atomic E-state index is 8.05. The zero-order valence-electron chi connectivity index (χ0n) is 7.80. The van der Waals surface area contributed by atoms with Gasteiger partial charge in [-0.3, -0.25) is 4.68 Å². The van der Waals surface area contributed by atoms with Gasteiger partial charge in [-0.05, 0) is 25.8 Å². The summed E-state index contributed by atoms with van der Waals surface area (Å²) < 4.78 is 1.82. The van der Waals surface area contributed by atoms with Gasteiger partial charge in [0.1, 0.15) is 11.6 Å². The van der Waals surface area contributed by atoms with Crippen LogP contribution in [0.15, 0.2) is 5.11 Å². The van der Waals surface area contributed by atoms with Crippen molar-refractivity contribution in [3.63, 3.8) is 0 Å². The van der Waals surface area contributed by atoms with Gasteiger partial charge in [0.2, 0.25) is 0 Å². The minimum Gasteiger partial charge on any atom is -0.250 e. The minimum atomic E-state index is 0.509. The summed E-state index contributed by atoms with van der Waals surface area (Å²) in [6.07, 6.45) is 0.799. The molecular weight excluding hydrogens is 168 g/mol. The molecule has 70 valence electrons. The third-order valence-electron chi connectivity index (χ3n) is 1.65. The quantitative estimate of drug-likeness (QED) is 0.305. The molecule has 0 saturated heterocycles. The third kappa shape index (κ3) is 2.76. The predicted octanol–water partition coefficient (Wildman–Crippen LogP) is 1.60. The van der Waals surface area contributed by atoms with E-state index in [1.54, 1.807) is 0 Å². The Kier molecular flexibility index (Phi) is 3.28. The van der Waals surface area contributed by atoms with E-state index >= 15 is 0 Å². The van der Waals surface area contributed by atoms with E-state index in [1.165, 1.54) is 0 Å². The van der Waals surface area contributed by atoms with Crippen LogP contribution in [0.25, 0.3) is 10.4 Å². The van der Waals surface area contributed by atoms with Crippen molar-refractivity contribution in [2.24, 2.45) is 5.11 Å². The Bertz CT molecular complexity index is 322. The molecular formula is C7H12N6. The Morgan fingerprint density at radius 1 is 1.54 bits per heavy atom. The summed E-state index contributed by atoms with van der Waals surface area (Å²) in [7, 11) is 0. The van der Waals surface area contributed by atoms with Crippen molar-refractivity contribution >= 4 is 0 Å². The lowest BCUT2D eigenvalue weighted by Gasteiger charge is -1.99. The SMILES string of the molecule is Cc1nc(C)n(CCCN=[N+]=[N-])n1. The molecule has 0 spiro atoms. The van der Waals surface area contributed by atoms with Crippen molar-refractivity contribution in [3.05, 3.63) is 22.1 Å². The zero-order chi connectivity index (χ0) is 9.68. The van der Waals surface area contributed by atoms with Crippen molar-refractivity contribution in [2.75, 3.05) is 6.54 Å². The average Bonchev–Trinajstić information content (AvgIpc) is 2.39. The molecule has 1 rings (SSSR count). The normalized spacial score (nSPS) is 9.69. The van der Waals surface area contributed by atoms with Gasteiger partial charge >= 0.3 is 0 Å². The van der Waals surface area contributed by atoms with Gasteiger partial charge in [0.05, 0.1) is 0 Å². The second-order valence-corrected chi connectivity index (χ2v) is 2.74. The van der Waals surface area contributed by atoms with Crippen LogP contribution in [0.5, 0.6) is 0 Å². The predicted molar refractivity (Wildman–Crippen MR) is 48.1 cm³/mol. The molecule has 6 heteroatoms. The van der Waals surface area contributed by atoms with E-state index in [0.717, 1.165) is 24.6 Å². The number of aromatic nitrogens is 3. The van der Waals surface area contributed by atoms with Crippen LogP contribution in [-0.4, -0.2) is 21.3 Å². The smallest absolute Gasteiger partial charge is 0.147 e. The molecule has 6 nitrogen and oxygen atoms in total. The molecule has 0 fully saturated rings. The second kappa shape index (κ2) is 4.47. The second-order valence-electron chi connectivity index (χ2n) is 2.74. The van der Waals surface area contributed by atoms with E-state index in [0.29, 0.717) is 6.54 Å². The Balaban J connectivity index is 2.44. The molecule has 1 aromatic rings. The lowest BCUT2D eigenvalue weighted by atomic mass is 10.4. The maximum atomic E-state index is 8.05. The molecule has 0 atom stereocenters. The van der Waals surface area contributed by atoms with Gasteiger partial charge in [-0.1, -0.05) is 5.11 Å². The fraction of sp³-hybridized carbons (Fsp3) is 0.714. The molecule has 0 N–H and O–H groups in total. The highest BCUT2D eigenvalue weighted by Gasteiger charge is 2.00. The minimum absolute atomic E-state index is 0.509. The van der Waals surface area contributed by atoms with Crippen LogP contribution < -0.4 is 0 Å². The highest BCUT2D eigenvalue weighted by atomic mass is 15.3. The van der Waals surface area contributed by atoms with E-state index in [-0.39, 0.29) is 0 Å². The number of azide groups is 1. The number of rotatable bonds is 4. The first-order chi connectivity index (χ1) is 6.24. The van der Waals surface area contributed by atoms with Crippen molar-refractivity contribution in [3.8, 4) is 0 Å². The molecule has 0 aromatic carbocycles. The standard InChI is InChI=1S/C7H12N6/c1-6-10-7(2)13(11-6)5-3-4-9-12-8/h3-5H2,1-2H3. The summed E-state index contributed by atoms with van der Waals surface area (Å²) >= 11 is 0. The molecule has 0 aliphatic carbocycles. The van der Waals surface area contributed by atoms with Crippen molar-refractivity contribution in [1.29, 1.82) is 0 Å². The number of aryl methyl sites for hydroxylation is 3. The number of hydrogen-bond acceptors (Lipinski definition) is 3. The van der Waals surface area contributed by atoms with Gasteiger partial charge in [-0.15, -0.1) is 0 Å². The van der Waals surface area contributed by atoms with Crippen LogP contribution in [0.3, 0.4) is 0 Å². The summed E-state index contributed by atoms with van der Waals surface area (Å²) in [5.41, 5.74) is 8.05. The topological polar surface area (TPSA) is 79.5 Å². The molecule has 0 bridgehead atoms. The first-order valence-electron chi connectivity index (χ1n) is 4.13. The lowest BCUT2D eigenvalue weighted by Crippen LogP contribution is -2.03. The van der Waals surface area contributed by atoms with Gasteiger partial charge in [0.25, 0.3) is 0 Å². The summed E-state index contributed by atoms with van der Waals surface area (Å²) in [6, 6.07) is 0. The molecule has 0 radical (unpaired) electrons. The first-order valence-corrected chi connectivity index (χ1v) is 4.13. The molecule has 1 heterocycles. The average molecular weight is 180 g/mol. The van der Waals surface area contributed by atoms with Gasteiger partial charge in [0.15, 0.2) is 0 Å². The van der Waals surface area contributed by atoms with Gasteiger partial charge in [0, 0.05) is 18.0 Å². The summed E-state index contributed by atoms with van der Waals surface area (Å²) in [5.74, 6) is 1.68. The molecule has 0 unspecified atom stereocenters. The zero-order valence-corrected chi connectivity index (χ0v) is 7.80. The molecule has 0 saturated carbocycles. The Morgan fingerprint density at radius 2 is 2.31 bits per heavy atom. The third-order valence-corrected chi connectivity index (χ3v) is 1.65. The van der Waals surface area contributed by atoms with Crippen molar-refractivity contribution in [2.45, 2.75) is 26.8 Å². The van der Waals surface area contributed by atoms with E-state index < -0.39 is 0 Å². The van der Waals surface area contributed by atoms with Crippen LogP contribution in [-0.2, 0) is 6.54 Å². The van der Waals surface area contributed by atoms with Crippen LogP contribution in [0, 0.1) is 13.8 Å². The molecule has 0 aliphatic heterocycles. The largest absolute Gasteiger partial charge is 0.250 e. The fourth-order valence-corrected chi connectivity index (χ4v) is 1.11. The highest BCUT2D eigenvalue weighted by Crippen LogP contribution is 1.97. The van der Waals surface area contributed by atoms with Crippen molar-refractivity contribution in [1.82, 2.24) is 14.8 Å². The molecule has 0 aliphatic rings. The molecule has 13 heavy (non-hydrogen) atoms. The maximum Gasteiger partial charge on any atom is 0.147 e. The van der Waals surface area contributed by atoms with Gasteiger partial charge in [-0.2, -0.15) is 5.10 Å². The van der Waals surface area contributed by atoms with Crippen molar-refractivity contribution < 1.29 is 0 Å². The number of nitrogens with zero attached hydrogens (tertiary/aromatic N) is 6. The van der Waals surface area contributed by atoms with Gasteiger partial charge < -0.3 is 0 Å². The molecule has 1 aromatic heterocycles. The monoisotopic (exact) mass is 180 g/mol. The first kappa shape index (κ1) is 9.54. The van der Waals surface area contributed by atoms with E-state index in [9.17, 15) is 0 Å². The van der Waals surface area contributed by atoms with E-state index in [1.807, 2.05) is 18.5 Å². The Labute approximate surface area is 76.2 Å². The lowest BCUT2D eigenvalue weighted by molar-refractivity contribution is 0.565.